The zero-order valence-corrected chi connectivity index (χ0v) is 7.26. The third kappa shape index (κ3) is 2.58. The Labute approximate surface area is 67.7 Å². The summed E-state index contributed by atoms with van der Waals surface area (Å²) in [6.45, 7) is 6.17. The molecule has 0 bridgehead atoms. The van der Waals surface area contributed by atoms with Gasteiger partial charge < -0.3 is 5.32 Å². The zero-order chi connectivity index (χ0) is 8.27. The molecule has 1 rings (SSSR count). The quantitative estimate of drug-likeness (QED) is 0.606. The molecule has 0 aromatic carbocycles. The van der Waals surface area contributed by atoms with Gasteiger partial charge in [-0.15, -0.1) is 0 Å². The maximum absolute atomic E-state index is 4.22. The van der Waals surface area contributed by atoms with Crippen LogP contribution < -0.4 is 5.32 Å². The molecule has 1 aliphatic rings. The molecule has 0 aliphatic carbocycles. The predicted molar refractivity (Wildman–Crippen MR) is 48.6 cm³/mol. The molecular formula is C9H14N2. The van der Waals surface area contributed by atoms with Gasteiger partial charge in [0, 0.05) is 18.0 Å². The van der Waals surface area contributed by atoms with Gasteiger partial charge in [-0.05, 0) is 20.8 Å². The molecule has 2 heteroatoms. The van der Waals surface area contributed by atoms with Crippen LogP contribution in [0, 0.1) is 0 Å². The molecule has 1 atom stereocenters. The lowest BCUT2D eigenvalue weighted by atomic mass is 10.2. The Hall–Kier alpha value is -1.05. The predicted octanol–water partition coefficient (Wildman–Crippen LogP) is 1.86. The van der Waals surface area contributed by atoms with E-state index < -0.39 is 0 Å². The summed E-state index contributed by atoms with van der Waals surface area (Å²) >= 11 is 0. The van der Waals surface area contributed by atoms with E-state index in [1.807, 2.05) is 19.3 Å². The number of allylic oxidation sites excluding steroid dienone is 3. The number of aliphatic imine (C=N–C) groups is 1. The molecule has 2 nitrogen and oxygen atoms in total. The number of nitrogens with one attached hydrogen (secondary N) is 1. The normalized spacial score (nSPS) is 22.1. The molecule has 0 aromatic rings. The molecule has 60 valence electrons. The van der Waals surface area contributed by atoms with E-state index in [1.54, 1.807) is 0 Å². The molecule has 1 heterocycles. The molecule has 0 saturated carbocycles. The summed E-state index contributed by atoms with van der Waals surface area (Å²) in [5, 5.41) is 3.13. The molecule has 11 heavy (non-hydrogen) atoms. The van der Waals surface area contributed by atoms with Gasteiger partial charge in [-0.3, -0.25) is 4.99 Å². The van der Waals surface area contributed by atoms with Crippen LogP contribution in [0.1, 0.15) is 20.8 Å². The second-order valence-corrected chi connectivity index (χ2v) is 2.99. The first-order valence-electron chi connectivity index (χ1n) is 3.83. The molecule has 1 aliphatic heterocycles. The summed E-state index contributed by atoms with van der Waals surface area (Å²) in [6, 6.07) is 0. The zero-order valence-electron chi connectivity index (χ0n) is 7.26. The smallest absolute Gasteiger partial charge is 0.115 e. The fourth-order valence-electron chi connectivity index (χ4n) is 0.907. The van der Waals surface area contributed by atoms with E-state index >= 15 is 0 Å². The van der Waals surface area contributed by atoms with Gasteiger partial charge in [0.15, 0.2) is 0 Å². The second kappa shape index (κ2) is 3.37. The lowest BCUT2D eigenvalue weighted by Crippen LogP contribution is -2.21. The van der Waals surface area contributed by atoms with Crippen molar-refractivity contribution in [2.75, 3.05) is 0 Å². The molecule has 1 N–H and O–H groups in total. The van der Waals surface area contributed by atoms with E-state index in [1.165, 1.54) is 5.57 Å². The van der Waals surface area contributed by atoms with Crippen molar-refractivity contribution in [3.63, 3.8) is 0 Å². The van der Waals surface area contributed by atoms with Gasteiger partial charge in [0.05, 0.1) is 0 Å². The number of nitrogens with zero attached hydrogens (tertiary/aromatic N) is 1. The van der Waals surface area contributed by atoms with Crippen molar-refractivity contribution >= 4 is 6.21 Å². The van der Waals surface area contributed by atoms with E-state index in [9.17, 15) is 0 Å². The fraction of sp³-hybridized carbons (Fsp3) is 0.444. The largest absolute Gasteiger partial charge is 0.369 e. The molecule has 1 unspecified atom stereocenters. The van der Waals surface area contributed by atoms with Crippen molar-refractivity contribution in [3.8, 4) is 0 Å². The monoisotopic (exact) mass is 150 g/mol. The van der Waals surface area contributed by atoms with Gasteiger partial charge in [0.1, 0.15) is 6.17 Å². The van der Waals surface area contributed by atoms with Gasteiger partial charge in [-0.1, -0.05) is 11.6 Å². The van der Waals surface area contributed by atoms with Gasteiger partial charge in [-0.25, -0.2) is 0 Å². The molecule has 0 radical (unpaired) electrons. The van der Waals surface area contributed by atoms with Crippen molar-refractivity contribution in [2.24, 2.45) is 4.99 Å². The highest BCUT2D eigenvalue weighted by atomic mass is 15.1. The van der Waals surface area contributed by atoms with Gasteiger partial charge >= 0.3 is 0 Å². The van der Waals surface area contributed by atoms with Crippen molar-refractivity contribution < 1.29 is 0 Å². The molecule has 0 spiro atoms. The van der Waals surface area contributed by atoms with E-state index in [0.717, 1.165) is 5.57 Å². The Balaban J connectivity index is 2.64. The maximum Gasteiger partial charge on any atom is 0.115 e. The summed E-state index contributed by atoms with van der Waals surface area (Å²) in [7, 11) is 0. The third-order valence-electron chi connectivity index (χ3n) is 1.39. The van der Waals surface area contributed by atoms with Crippen molar-refractivity contribution in [1.82, 2.24) is 5.32 Å². The van der Waals surface area contributed by atoms with Crippen molar-refractivity contribution in [1.29, 1.82) is 0 Å². The Morgan fingerprint density at radius 3 is 2.82 bits per heavy atom. The third-order valence-corrected chi connectivity index (χ3v) is 1.39. The average Bonchev–Trinajstić information content (AvgIpc) is 1.93. The lowest BCUT2D eigenvalue weighted by Gasteiger charge is -2.11. The Morgan fingerprint density at radius 1 is 1.64 bits per heavy atom. The minimum absolute atomic E-state index is 0.226. The fourth-order valence-corrected chi connectivity index (χ4v) is 0.907. The first kappa shape index (κ1) is 8.05. The summed E-state index contributed by atoms with van der Waals surface area (Å²) in [5.41, 5.74) is 2.43. The highest BCUT2D eigenvalue weighted by molar-refractivity contribution is 5.83. The van der Waals surface area contributed by atoms with Crippen molar-refractivity contribution in [2.45, 2.75) is 26.9 Å². The van der Waals surface area contributed by atoms with E-state index in [4.69, 9.17) is 0 Å². The highest BCUT2D eigenvalue weighted by Crippen LogP contribution is 2.02. The van der Waals surface area contributed by atoms with E-state index in [2.05, 4.69) is 30.2 Å². The van der Waals surface area contributed by atoms with Crippen molar-refractivity contribution in [3.05, 3.63) is 23.4 Å². The molecule has 0 fully saturated rings. The summed E-state index contributed by atoms with van der Waals surface area (Å²) in [5.74, 6) is 0. The van der Waals surface area contributed by atoms with Crippen LogP contribution in [0.3, 0.4) is 0 Å². The number of hydrogen-bond acceptors (Lipinski definition) is 2. The maximum atomic E-state index is 4.22. The van der Waals surface area contributed by atoms with Crippen LogP contribution in [0.4, 0.5) is 0 Å². The standard InChI is InChI=1S/C9H14N2/c1-7(2)4-9-5-10-8(3)11-6-9/h4-6,8,10H,1-3H3. The first-order chi connectivity index (χ1) is 5.18. The number of rotatable bonds is 1. The summed E-state index contributed by atoms with van der Waals surface area (Å²) in [6.07, 6.45) is 6.21. The van der Waals surface area contributed by atoms with Crippen LogP contribution in [0.15, 0.2) is 28.4 Å². The molecular weight excluding hydrogens is 136 g/mol. The van der Waals surface area contributed by atoms with Crippen LogP contribution in [-0.4, -0.2) is 12.4 Å². The Kier molecular flexibility index (Phi) is 2.47. The minimum atomic E-state index is 0.226. The first-order valence-corrected chi connectivity index (χ1v) is 3.83. The van der Waals surface area contributed by atoms with Crippen LogP contribution in [0.5, 0.6) is 0 Å². The summed E-state index contributed by atoms with van der Waals surface area (Å²) < 4.78 is 0. The van der Waals surface area contributed by atoms with Gasteiger partial charge in [0.2, 0.25) is 0 Å². The second-order valence-electron chi connectivity index (χ2n) is 2.99. The topological polar surface area (TPSA) is 24.4 Å². The minimum Gasteiger partial charge on any atom is -0.369 e. The van der Waals surface area contributed by atoms with E-state index in [0.29, 0.717) is 0 Å². The average molecular weight is 150 g/mol. The summed E-state index contributed by atoms with van der Waals surface area (Å²) in [4.78, 5) is 4.22. The van der Waals surface area contributed by atoms with Crippen LogP contribution in [0.2, 0.25) is 0 Å². The van der Waals surface area contributed by atoms with E-state index in [-0.39, 0.29) is 6.17 Å². The Morgan fingerprint density at radius 2 is 2.36 bits per heavy atom. The molecule has 0 aromatic heterocycles. The number of hydrogen-bond donors (Lipinski definition) is 1. The van der Waals surface area contributed by atoms with Crippen LogP contribution in [-0.2, 0) is 0 Å². The van der Waals surface area contributed by atoms with Gasteiger partial charge in [0.25, 0.3) is 0 Å². The molecule has 0 amide bonds. The molecule has 0 saturated heterocycles. The SMILES string of the molecule is CC(C)=CC1=CNC(C)N=C1. The Bertz CT molecular complexity index is 220. The van der Waals surface area contributed by atoms with Crippen LogP contribution in [0.25, 0.3) is 0 Å². The highest BCUT2D eigenvalue weighted by Gasteiger charge is 1.99. The van der Waals surface area contributed by atoms with Gasteiger partial charge in [-0.2, -0.15) is 0 Å². The lowest BCUT2D eigenvalue weighted by molar-refractivity contribution is 0.667. The van der Waals surface area contributed by atoms with Crippen LogP contribution >= 0.6 is 0 Å².